The Hall–Kier alpha value is -3.68. The Balaban J connectivity index is 1.39. The Morgan fingerprint density at radius 3 is 2.60 bits per heavy atom. The van der Waals surface area contributed by atoms with Crippen LogP contribution in [0.2, 0.25) is 0 Å². The maximum absolute atomic E-state index is 13.2. The van der Waals surface area contributed by atoms with Gasteiger partial charge in [0.2, 0.25) is 5.82 Å². The predicted octanol–water partition coefficient (Wildman–Crippen LogP) is 3.26. The molecular weight excluding hydrogens is 387 g/mol. The summed E-state index contributed by atoms with van der Waals surface area (Å²) in [5.74, 6) is -0.205. The van der Waals surface area contributed by atoms with Gasteiger partial charge in [0, 0.05) is 12.8 Å². The minimum atomic E-state index is -0.994. The molecule has 30 heavy (non-hydrogen) atoms. The van der Waals surface area contributed by atoms with E-state index in [1.54, 1.807) is 12.3 Å². The summed E-state index contributed by atoms with van der Waals surface area (Å²) >= 11 is 0. The monoisotopic (exact) mass is 410 g/mol. The van der Waals surface area contributed by atoms with E-state index >= 15 is 0 Å². The van der Waals surface area contributed by atoms with Gasteiger partial charge < -0.3 is 10.5 Å². The molecule has 1 aromatic heterocycles. The van der Waals surface area contributed by atoms with Crippen LogP contribution in [-0.4, -0.2) is 22.4 Å². The third-order valence-electron chi connectivity index (χ3n) is 4.45. The van der Waals surface area contributed by atoms with Crippen LogP contribution < -0.4 is 21.7 Å². The third-order valence-corrected chi connectivity index (χ3v) is 4.45. The largest absolute Gasteiger partial charge is 0.494 e. The number of halogens is 1. The molecule has 1 heterocycles. The van der Waals surface area contributed by atoms with Crippen molar-refractivity contribution in [1.82, 2.24) is 9.55 Å². The van der Waals surface area contributed by atoms with E-state index < -0.39 is 17.1 Å². The number of nitrogens with one attached hydrogen (secondary N) is 1. The zero-order chi connectivity index (χ0) is 21.3. The highest BCUT2D eigenvalue weighted by Gasteiger charge is 2.03. The normalized spacial score (nSPS) is 11.1. The number of anilines is 1. The van der Waals surface area contributed by atoms with Crippen LogP contribution >= 0.6 is 0 Å². The van der Waals surface area contributed by atoms with Gasteiger partial charge in [-0.2, -0.15) is 4.39 Å². The van der Waals surface area contributed by atoms with Gasteiger partial charge in [0.25, 0.3) is 5.56 Å². The average Bonchev–Trinajstić information content (AvgIpc) is 2.74. The van der Waals surface area contributed by atoms with Gasteiger partial charge in [-0.15, -0.1) is 0 Å². The van der Waals surface area contributed by atoms with Gasteiger partial charge in [-0.05, 0) is 61.2 Å². The molecule has 0 amide bonds. The molecule has 0 spiro atoms. The second kappa shape index (κ2) is 10.2. The highest BCUT2D eigenvalue weighted by molar-refractivity contribution is 5.83. The SMILES string of the molecule is Nc1ccccc1N=Cc1ccc(OCCCCCn2cc(F)c(=O)[nH]c2=O)cc1. The van der Waals surface area contributed by atoms with E-state index in [1.165, 1.54) is 4.57 Å². The lowest BCUT2D eigenvalue weighted by molar-refractivity contribution is 0.303. The zero-order valence-corrected chi connectivity index (χ0v) is 16.4. The van der Waals surface area contributed by atoms with Crippen LogP contribution in [0.25, 0.3) is 0 Å². The first-order valence-electron chi connectivity index (χ1n) is 9.63. The van der Waals surface area contributed by atoms with Crippen molar-refractivity contribution in [2.45, 2.75) is 25.8 Å². The summed E-state index contributed by atoms with van der Waals surface area (Å²) in [6.45, 7) is 0.870. The molecule has 0 aliphatic rings. The summed E-state index contributed by atoms with van der Waals surface area (Å²) in [4.78, 5) is 28.9. The Morgan fingerprint density at radius 2 is 1.83 bits per heavy atom. The number of aromatic nitrogens is 2. The fourth-order valence-corrected chi connectivity index (χ4v) is 2.80. The lowest BCUT2D eigenvalue weighted by atomic mass is 10.2. The van der Waals surface area contributed by atoms with Crippen molar-refractivity contribution >= 4 is 17.6 Å². The Bertz CT molecular complexity index is 1120. The topological polar surface area (TPSA) is 102 Å². The van der Waals surface area contributed by atoms with Gasteiger partial charge in [-0.25, -0.2) is 4.79 Å². The molecule has 0 radical (unpaired) electrons. The molecule has 7 nitrogen and oxygen atoms in total. The second-order valence-electron chi connectivity index (χ2n) is 6.72. The number of hydrogen-bond acceptors (Lipinski definition) is 5. The molecule has 0 aliphatic carbocycles. The number of benzene rings is 2. The molecule has 2 aromatic carbocycles. The summed E-state index contributed by atoms with van der Waals surface area (Å²) in [6, 6.07) is 15.0. The Labute approximate surface area is 172 Å². The number of hydrogen-bond donors (Lipinski definition) is 2. The van der Waals surface area contributed by atoms with E-state index in [-0.39, 0.29) is 0 Å². The quantitative estimate of drug-likeness (QED) is 0.321. The van der Waals surface area contributed by atoms with Crippen molar-refractivity contribution in [3.63, 3.8) is 0 Å². The second-order valence-corrected chi connectivity index (χ2v) is 6.72. The lowest BCUT2D eigenvalue weighted by Crippen LogP contribution is -2.31. The average molecular weight is 410 g/mol. The number of aromatic amines is 1. The van der Waals surface area contributed by atoms with E-state index in [0.29, 0.717) is 25.3 Å². The summed E-state index contributed by atoms with van der Waals surface area (Å²) < 4.78 is 20.1. The number of aliphatic imine (C=N–C) groups is 1. The minimum absolute atomic E-state index is 0.340. The molecule has 0 aliphatic heterocycles. The van der Waals surface area contributed by atoms with E-state index in [4.69, 9.17) is 10.5 Å². The van der Waals surface area contributed by atoms with E-state index in [2.05, 4.69) is 4.99 Å². The molecule has 0 saturated carbocycles. The summed E-state index contributed by atoms with van der Waals surface area (Å²) in [7, 11) is 0. The molecule has 0 bridgehead atoms. The van der Waals surface area contributed by atoms with Gasteiger partial charge in [0.1, 0.15) is 5.75 Å². The van der Waals surface area contributed by atoms with Gasteiger partial charge in [0.05, 0.1) is 24.2 Å². The molecule has 3 rings (SSSR count). The minimum Gasteiger partial charge on any atom is -0.494 e. The Morgan fingerprint density at radius 1 is 1.07 bits per heavy atom. The maximum Gasteiger partial charge on any atom is 0.328 e. The summed E-state index contributed by atoms with van der Waals surface area (Å²) in [5, 5.41) is 0. The number of nitrogen functional groups attached to an aromatic ring is 1. The zero-order valence-electron chi connectivity index (χ0n) is 16.4. The van der Waals surface area contributed by atoms with Crippen molar-refractivity contribution in [3.8, 4) is 5.75 Å². The smallest absolute Gasteiger partial charge is 0.328 e. The van der Waals surface area contributed by atoms with Crippen molar-refractivity contribution in [3.05, 3.63) is 86.9 Å². The van der Waals surface area contributed by atoms with Crippen LogP contribution in [0.4, 0.5) is 15.8 Å². The number of unbranched alkanes of at least 4 members (excludes halogenated alkanes) is 2. The summed E-state index contributed by atoms with van der Waals surface area (Å²) in [5.41, 5.74) is 6.56. The fraction of sp³-hybridized carbons (Fsp3) is 0.227. The van der Waals surface area contributed by atoms with Crippen LogP contribution in [0.3, 0.4) is 0 Å². The molecule has 0 fully saturated rings. The maximum atomic E-state index is 13.2. The number of rotatable bonds is 9. The first-order chi connectivity index (χ1) is 14.5. The number of para-hydroxylation sites is 2. The van der Waals surface area contributed by atoms with Crippen molar-refractivity contribution in [1.29, 1.82) is 0 Å². The van der Waals surface area contributed by atoms with Crippen molar-refractivity contribution in [2.75, 3.05) is 12.3 Å². The standard InChI is InChI=1S/C22H23FN4O3/c23-18-15-27(22(29)26-21(18)28)12-4-1-5-13-30-17-10-8-16(9-11-17)14-25-20-7-3-2-6-19(20)24/h2-3,6-11,14-15H,1,4-5,12-13,24H2,(H,26,28,29). The molecule has 3 N–H and O–H groups in total. The number of nitrogens with two attached hydrogens (primary N) is 1. The van der Waals surface area contributed by atoms with Gasteiger partial charge in [-0.3, -0.25) is 19.3 Å². The first kappa shape index (κ1) is 21.0. The third kappa shape index (κ3) is 5.91. The van der Waals surface area contributed by atoms with Crippen LogP contribution in [-0.2, 0) is 6.54 Å². The molecule has 0 saturated heterocycles. The van der Waals surface area contributed by atoms with Crippen molar-refractivity contribution in [2.24, 2.45) is 4.99 Å². The molecule has 3 aromatic rings. The highest BCUT2D eigenvalue weighted by atomic mass is 19.1. The van der Waals surface area contributed by atoms with Gasteiger partial charge in [0.15, 0.2) is 0 Å². The van der Waals surface area contributed by atoms with Crippen LogP contribution in [0.15, 0.2) is 69.3 Å². The number of H-pyrrole nitrogens is 1. The Kier molecular flexibility index (Phi) is 7.15. The van der Waals surface area contributed by atoms with Crippen LogP contribution in [0.1, 0.15) is 24.8 Å². The van der Waals surface area contributed by atoms with E-state index in [9.17, 15) is 14.0 Å². The van der Waals surface area contributed by atoms with E-state index in [0.717, 1.165) is 36.0 Å². The molecule has 156 valence electrons. The van der Waals surface area contributed by atoms with Crippen LogP contribution in [0.5, 0.6) is 5.75 Å². The van der Waals surface area contributed by atoms with Gasteiger partial charge in [-0.1, -0.05) is 12.1 Å². The number of nitrogens with zero attached hydrogens (tertiary/aromatic N) is 2. The predicted molar refractivity (Wildman–Crippen MR) is 115 cm³/mol. The number of aryl methyl sites for hydroxylation is 1. The van der Waals surface area contributed by atoms with Gasteiger partial charge >= 0.3 is 5.69 Å². The molecule has 8 heteroatoms. The van der Waals surface area contributed by atoms with Crippen molar-refractivity contribution < 1.29 is 9.13 Å². The highest BCUT2D eigenvalue weighted by Crippen LogP contribution is 2.20. The van der Waals surface area contributed by atoms with Crippen LogP contribution in [0, 0.1) is 5.82 Å². The van der Waals surface area contributed by atoms with E-state index in [1.807, 2.05) is 47.4 Å². The molecule has 0 unspecified atom stereocenters. The molecule has 0 atom stereocenters. The first-order valence-corrected chi connectivity index (χ1v) is 9.63. The molecular formula is C22H23FN4O3. The lowest BCUT2D eigenvalue weighted by Gasteiger charge is -2.07. The summed E-state index contributed by atoms with van der Waals surface area (Å²) in [6.07, 6.45) is 4.95. The fourth-order valence-electron chi connectivity index (χ4n) is 2.80. The number of ether oxygens (including phenoxy) is 1.